The minimum atomic E-state index is -3.49. The molecule has 2 N–H and O–H groups in total. The molecule has 0 fully saturated rings. The van der Waals surface area contributed by atoms with Gasteiger partial charge in [0, 0.05) is 17.6 Å². The van der Waals surface area contributed by atoms with E-state index in [0.717, 1.165) is 11.4 Å². The number of nitrogens with zero attached hydrogens (tertiary/aromatic N) is 2. The van der Waals surface area contributed by atoms with Gasteiger partial charge in [-0.05, 0) is 30.8 Å². The minimum Gasteiger partial charge on any atom is -0.312 e. The highest BCUT2D eigenvalue weighted by atomic mass is 32.2. The highest BCUT2D eigenvalue weighted by Gasteiger charge is 2.16. The van der Waals surface area contributed by atoms with E-state index in [2.05, 4.69) is 20.2 Å². The van der Waals surface area contributed by atoms with Crippen molar-refractivity contribution in [3.8, 4) is 0 Å². The Kier molecular flexibility index (Phi) is 5.18. The predicted octanol–water partition coefficient (Wildman–Crippen LogP) is 1.13. The molecule has 0 aliphatic carbocycles. The Morgan fingerprint density at radius 1 is 1.25 bits per heavy atom. The number of thiophene rings is 1. The van der Waals surface area contributed by atoms with E-state index in [4.69, 9.17) is 0 Å². The molecule has 0 saturated carbocycles. The summed E-state index contributed by atoms with van der Waals surface area (Å²) in [6.07, 6.45) is 1.55. The highest BCUT2D eigenvalue weighted by Crippen LogP contribution is 2.21. The average molecular weight is 312 g/mol. The van der Waals surface area contributed by atoms with Crippen LogP contribution in [0.5, 0.6) is 0 Å². The monoisotopic (exact) mass is 312 g/mol. The van der Waals surface area contributed by atoms with Crippen LogP contribution in [0.25, 0.3) is 0 Å². The second-order valence-electron chi connectivity index (χ2n) is 4.04. The van der Waals surface area contributed by atoms with Crippen molar-refractivity contribution >= 4 is 21.4 Å². The van der Waals surface area contributed by atoms with Crippen LogP contribution in [0.1, 0.15) is 17.5 Å². The summed E-state index contributed by atoms with van der Waals surface area (Å²) in [5, 5.41) is 10.7. The molecule has 0 aromatic carbocycles. The van der Waals surface area contributed by atoms with Crippen LogP contribution < -0.4 is 10.0 Å². The Labute approximate surface area is 122 Å². The topological polar surface area (TPSA) is 84.0 Å². The van der Waals surface area contributed by atoms with Gasteiger partial charge in [-0.3, -0.25) is 0 Å². The van der Waals surface area contributed by atoms with Crippen LogP contribution in [0, 0.1) is 0 Å². The molecule has 2 heterocycles. The van der Waals surface area contributed by atoms with Crippen LogP contribution in [-0.4, -0.2) is 25.2 Å². The quantitative estimate of drug-likeness (QED) is 0.800. The number of nitrogens with one attached hydrogen (secondary N) is 2. The third-order valence-electron chi connectivity index (χ3n) is 2.52. The standard InChI is InChI=1S/C12H16N4O2S2/c1-2-13-9-11-5-6-12(19-11)20(17,18)15-8-10-4-3-7-14-16-10/h3-7,13,15H,2,8-9H2,1H3. The number of hydrogen-bond donors (Lipinski definition) is 2. The molecule has 8 heteroatoms. The van der Waals surface area contributed by atoms with Crippen molar-refractivity contribution in [3.05, 3.63) is 41.0 Å². The van der Waals surface area contributed by atoms with Crippen LogP contribution >= 0.6 is 11.3 Å². The molecule has 2 aromatic rings. The minimum absolute atomic E-state index is 0.136. The van der Waals surface area contributed by atoms with E-state index in [1.54, 1.807) is 24.4 Å². The molecule has 0 unspecified atom stereocenters. The Morgan fingerprint density at radius 2 is 2.10 bits per heavy atom. The van der Waals surface area contributed by atoms with E-state index >= 15 is 0 Å². The first-order valence-corrected chi connectivity index (χ1v) is 8.47. The third-order valence-corrected chi connectivity index (χ3v) is 5.50. The molecule has 108 valence electrons. The van der Waals surface area contributed by atoms with Crippen LogP contribution in [-0.2, 0) is 23.1 Å². The summed E-state index contributed by atoms with van der Waals surface area (Å²) in [6.45, 7) is 3.68. The van der Waals surface area contributed by atoms with E-state index < -0.39 is 10.0 Å². The van der Waals surface area contributed by atoms with Gasteiger partial charge in [0.2, 0.25) is 10.0 Å². The third kappa shape index (κ3) is 4.07. The van der Waals surface area contributed by atoms with E-state index in [1.165, 1.54) is 11.3 Å². The molecule has 0 radical (unpaired) electrons. The van der Waals surface area contributed by atoms with Gasteiger partial charge < -0.3 is 5.32 Å². The molecule has 2 rings (SSSR count). The number of sulfonamides is 1. The molecule has 2 aromatic heterocycles. The number of hydrogen-bond acceptors (Lipinski definition) is 6. The maximum absolute atomic E-state index is 12.1. The van der Waals surface area contributed by atoms with Crippen molar-refractivity contribution in [2.24, 2.45) is 0 Å². The molecular formula is C12H16N4O2S2. The Hall–Kier alpha value is -1.35. The van der Waals surface area contributed by atoms with Crippen LogP contribution in [0.3, 0.4) is 0 Å². The van der Waals surface area contributed by atoms with E-state index in [0.29, 0.717) is 16.4 Å². The lowest BCUT2D eigenvalue weighted by molar-refractivity contribution is 0.582. The summed E-state index contributed by atoms with van der Waals surface area (Å²) >= 11 is 1.27. The van der Waals surface area contributed by atoms with Crippen LogP contribution in [0.15, 0.2) is 34.7 Å². The SMILES string of the molecule is CCNCc1ccc(S(=O)(=O)NCc2cccnn2)s1. The van der Waals surface area contributed by atoms with Gasteiger partial charge in [-0.2, -0.15) is 10.2 Å². The maximum atomic E-state index is 12.1. The first kappa shape index (κ1) is 15.0. The Morgan fingerprint density at radius 3 is 2.80 bits per heavy atom. The smallest absolute Gasteiger partial charge is 0.250 e. The first-order chi connectivity index (χ1) is 9.62. The van der Waals surface area contributed by atoms with Gasteiger partial charge >= 0.3 is 0 Å². The fourth-order valence-electron chi connectivity index (χ4n) is 1.51. The second kappa shape index (κ2) is 6.89. The van der Waals surface area contributed by atoms with Crippen molar-refractivity contribution in [1.82, 2.24) is 20.2 Å². The molecule has 6 nitrogen and oxygen atoms in total. The molecule has 0 atom stereocenters. The number of aromatic nitrogens is 2. The fourth-order valence-corrected chi connectivity index (χ4v) is 3.88. The summed E-state index contributed by atoms with van der Waals surface area (Å²) in [4.78, 5) is 0.992. The van der Waals surface area contributed by atoms with E-state index in [-0.39, 0.29) is 6.54 Å². The van der Waals surface area contributed by atoms with Gasteiger partial charge in [-0.25, -0.2) is 13.1 Å². The molecule has 20 heavy (non-hydrogen) atoms. The lowest BCUT2D eigenvalue weighted by Crippen LogP contribution is -2.23. The van der Waals surface area contributed by atoms with Gasteiger partial charge in [-0.1, -0.05) is 6.92 Å². The van der Waals surface area contributed by atoms with Crippen LogP contribution in [0.4, 0.5) is 0 Å². The maximum Gasteiger partial charge on any atom is 0.250 e. The zero-order chi connectivity index (χ0) is 14.4. The molecule has 0 aliphatic heterocycles. The van der Waals surface area contributed by atoms with E-state index in [9.17, 15) is 8.42 Å². The Bertz CT molecular complexity index is 640. The normalized spacial score (nSPS) is 11.7. The highest BCUT2D eigenvalue weighted by molar-refractivity contribution is 7.91. The lowest BCUT2D eigenvalue weighted by Gasteiger charge is -2.03. The summed E-state index contributed by atoms with van der Waals surface area (Å²) in [7, 11) is -3.49. The summed E-state index contributed by atoms with van der Waals surface area (Å²) in [5.41, 5.74) is 0.584. The van der Waals surface area contributed by atoms with Gasteiger partial charge in [0.25, 0.3) is 0 Å². The average Bonchev–Trinajstić information content (AvgIpc) is 2.94. The van der Waals surface area contributed by atoms with Gasteiger partial charge in [0.15, 0.2) is 0 Å². The van der Waals surface area contributed by atoms with Gasteiger partial charge in [0.05, 0.1) is 12.2 Å². The lowest BCUT2D eigenvalue weighted by atomic mass is 10.4. The Balaban J connectivity index is 2.01. The van der Waals surface area contributed by atoms with Crippen LogP contribution in [0.2, 0.25) is 0 Å². The van der Waals surface area contributed by atoms with Gasteiger partial charge in [-0.15, -0.1) is 11.3 Å². The van der Waals surface area contributed by atoms with Crippen molar-refractivity contribution < 1.29 is 8.42 Å². The molecule has 0 spiro atoms. The van der Waals surface area contributed by atoms with Crippen molar-refractivity contribution in [2.75, 3.05) is 6.54 Å². The summed E-state index contributed by atoms with van der Waals surface area (Å²) in [6, 6.07) is 6.89. The number of rotatable bonds is 7. The molecular weight excluding hydrogens is 296 g/mol. The van der Waals surface area contributed by atoms with Gasteiger partial charge in [0.1, 0.15) is 4.21 Å². The summed E-state index contributed by atoms with van der Waals surface area (Å²) in [5.74, 6) is 0. The van der Waals surface area contributed by atoms with E-state index in [1.807, 2.05) is 13.0 Å². The van der Waals surface area contributed by atoms with Crippen molar-refractivity contribution in [2.45, 2.75) is 24.2 Å². The fraction of sp³-hybridized carbons (Fsp3) is 0.333. The predicted molar refractivity (Wildman–Crippen MR) is 77.8 cm³/mol. The largest absolute Gasteiger partial charge is 0.312 e. The molecule has 0 amide bonds. The molecule has 0 bridgehead atoms. The van der Waals surface area contributed by atoms with Crippen molar-refractivity contribution in [3.63, 3.8) is 0 Å². The van der Waals surface area contributed by atoms with Crippen molar-refractivity contribution in [1.29, 1.82) is 0 Å². The summed E-state index contributed by atoms with van der Waals surface area (Å²) < 4.78 is 27.1. The molecule has 0 aliphatic rings. The first-order valence-electron chi connectivity index (χ1n) is 6.17. The zero-order valence-electron chi connectivity index (χ0n) is 11.0. The zero-order valence-corrected chi connectivity index (χ0v) is 12.7. The molecule has 0 saturated heterocycles. The second-order valence-corrected chi connectivity index (χ2v) is 7.20.